The second kappa shape index (κ2) is 5.11. The third kappa shape index (κ3) is 3.25. The average Bonchev–Trinajstić information content (AvgIpc) is 2.17. The second-order valence-corrected chi connectivity index (χ2v) is 4.12. The van der Waals surface area contributed by atoms with Gasteiger partial charge in [0.1, 0.15) is 0 Å². The van der Waals surface area contributed by atoms with Crippen molar-refractivity contribution in [3.05, 3.63) is 23.4 Å². The molecule has 4 heteroatoms. The van der Waals surface area contributed by atoms with E-state index < -0.39 is 0 Å². The summed E-state index contributed by atoms with van der Waals surface area (Å²) in [5, 5.41) is 10.2. The van der Waals surface area contributed by atoms with Crippen molar-refractivity contribution >= 4 is 23.4 Å². The maximum Gasteiger partial charge on any atom is 0.0975 e. The number of hydrogen-bond donors (Lipinski definition) is 0. The number of aromatic nitrogens is 1. The molecule has 68 valence electrons. The molecule has 1 heterocycles. The first-order valence-electron chi connectivity index (χ1n) is 3.94. The molecular weight excluding hydrogens is 204 g/mol. The predicted octanol–water partition coefficient (Wildman–Crippen LogP) is 3.13. The van der Waals surface area contributed by atoms with Crippen molar-refractivity contribution < 1.29 is 0 Å². The van der Waals surface area contributed by atoms with E-state index in [4.69, 9.17) is 16.9 Å². The Labute approximate surface area is 86.9 Å². The van der Waals surface area contributed by atoms with Gasteiger partial charge in [-0.3, -0.25) is 0 Å². The number of nitriles is 1. The van der Waals surface area contributed by atoms with Crippen LogP contribution in [0.5, 0.6) is 0 Å². The molecule has 0 saturated heterocycles. The smallest absolute Gasteiger partial charge is 0.0975 e. The van der Waals surface area contributed by atoms with E-state index in [1.807, 2.05) is 13.0 Å². The highest BCUT2D eigenvalue weighted by Gasteiger charge is 2.06. The van der Waals surface area contributed by atoms with Gasteiger partial charge in [0.05, 0.1) is 21.4 Å². The molecule has 1 aromatic rings. The molecule has 1 atom stereocenters. The number of halogens is 1. The summed E-state index contributed by atoms with van der Waals surface area (Å²) in [6.07, 6.45) is 2.42. The standard InChI is InChI=1S/C9H9ClN2S/c1-2-8(5-11)13-9-4-3-7(10)6-12-9/h3-4,6,8H,2H2,1H3. The fourth-order valence-electron chi connectivity index (χ4n) is 0.779. The van der Waals surface area contributed by atoms with Gasteiger partial charge in [-0.1, -0.05) is 30.3 Å². The molecule has 2 nitrogen and oxygen atoms in total. The van der Waals surface area contributed by atoms with Crippen LogP contribution < -0.4 is 0 Å². The lowest BCUT2D eigenvalue weighted by molar-refractivity contribution is 0.977. The number of rotatable bonds is 3. The molecule has 0 radical (unpaired) electrons. The van der Waals surface area contributed by atoms with Gasteiger partial charge in [-0.25, -0.2) is 4.98 Å². The highest BCUT2D eigenvalue weighted by atomic mass is 35.5. The SMILES string of the molecule is CCC(C#N)Sc1ccc(Cl)cn1. The van der Waals surface area contributed by atoms with Gasteiger partial charge in [0.2, 0.25) is 0 Å². The molecule has 0 aliphatic rings. The molecule has 1 aromatic heterocycles. The molecule has 0 bridgehead atoms. The lowest BCUT2D eigenvalue weighted by atomic mass is 10.4. The van der Waals surface area contributed by atoms with E-state index in [1.165, 1.54) is 11.8 Å². The first-order chi connectivity index (χ1) is 6.26. The van der Waals surface area contributed by atoms with Crippen molar-refractivity contribution in [2.75, 3.05) is 0 Å². The highest BCUT2D eigenvalue weighted by molar-refractivity contribution is 8.00. The van der Waals surface area contributed by atoms with Crippen LogP contribution in [-0.2, 0) is 0 Å². The van der Waals surface area contributed by atoms with Crippen LogP contribution >= 0.6 is 23.4 Å². The van der Waals surface area contributed by atoms with Crippen LogP contribution in [0.25, 0.3) is 0 Å². The highest BCUT2D eigenvalue weighted by Crippen LogP contribution is 2.23. The van der Waals surface area contributed by atoms with E-state index in [0.29, 0.717) is 5.02 Å². The summed E-state index contributed by atoms with van der Waals surface area (Å²) in [5.41, 5.74) is 0. The monoisotopic (exact) mass is 212 g/mol. The van der Waals surface area contributed by atoms with E-state index in [0.717, 1.165) is 11.4 Å². The topological polar surface area (TPSA) is 36.7 Å². The van der Waals surface area contributed by atoms with Gasteiger partial charge in [0.15, 0.2) is 0 Å². The van der Waals surface area contributed by atoms with Crippen molar-refractivity contribution in [1.29, 1.82) is 5.26 Å². The zero-order valence-electron chi connectivity index (χ0n) is 7.20. The molecule has 1 unspecified atom stereocenters. The summed E-state index contributed by atoms with van der Waals surface area (Å²) >= 11 is 7.15. The van der Waals surface area contributed by atoms with E-state index in [1.54, 1.807) is 12.3 Å². The maximum atomic E-state index is 8.72. The Bertz CT molecular complexity index is 304. The average molecular weight is 213 g/mol. The zero-order chi connectivity index (χ0) is 9.68. The first-order valence-corrected chi connectivity index (χ1v) is 5.20. The minimum absolute atomic E-state index is 0.0197. The quantitative estimate of drug-likeness (QED) is 0.723. The molecule has 1 rings (SSSR count). The van der Waals surface area contributed by atoms with Crippen molar-refractivity contribution in [1.82, 2.24) is 4.98 Å². The molecule has 13 heavy (non-hydrogen) atoms. The fourth-order valence-corrected chi connectivity index (χ4v) is 1.66. The lowest BCUT2D eigenvalue weighted by Crippen LogP contribution is -1.95. The van der Waals surface area contributed by atoms with Crippen LogP contribution in [-0.4, -0.2) is 10.2 Å². The van der Waals surface area contributed by atoms with Crippen molar-refractivity contribution in [2.24, 2.45) is 0 Å². The summed E-state index contributed by atoms with van der Waals surface area (Å²) in [5.74, 6) is 0. The lowest BCUT2D eigenvalue weighted by Gasteiger charge is -2.03. The summed E-state index contributed by atoms with van der Waals surface area (Å²) in [7, 11) is 0. The maximum absolute atomic E-state index is 8.72. The third-order valence-electron chi connectivity index (χ3n) is 1.48. The van der Waals surface area contributed by atoms with Gasteiger partial charge in [-0.2, -0.15) is 5.26 Å². The van der Waals surface area contributed by atoms with Crippen LogP contribution in [0, 0.1) is 11.3 Å². The van der Waals surface area contributed by atoms with Crippen LogP contribution in [0.4, 0.5) is 0 Å². The molecule has 0 spiro atoms. The van der Waals surface area contributed by atoms with Crippen molar-refractivity contribution in [2.45, 2.75) is 23.6 Å². The summed E-state index contributed by atoms with van der Waals surface area (Å²) in [6.45, 7) is 1.98. The molecule has 0 saturated carbocycles. The van der Waals surface area contributed by atoms with Gasteiger partial charge >= 0.3 is 0 Å². The Kier molecular flexibility index (Phi) is 4.07. The summed E-state index contributed by atoms with van der Waals surface area (Å²) in [6, 6.07) is 5.81. The number of hydrogen-bond acceptors (Lipinski definition) is 3. The normalized spacial score (nSPS) is 12.1. The molecule has 0 aromatic carbocycles. The Morgan fingerprint density at radius 3 is 2.92 bits per heavy atom. The predicted molar refractivity (Wildman–Crippen MR) is 54.8 cm³/mol. The Balaban J connectivity index is 2.64. The minimum atomic E-state index is -0.0197. The minimum Gasteiger partial charge on any atom is -0.248 e. The van der Waals surface area contributed by atoms with Crippen LogP contribution in [0.1, 0.15) is 13.3 Å². The molecule has 0 amide bonds. The van der Waals surface area contributed by atoms with E-state index >= 15 is 0 Å². The first kappa shape index (κ1) is 10.4. The molecular formula is C9H9ClN2S. The number of pyridine rings is 1. The Morgan fingerprint density at radius 1 is 1.69 bits per heavy atom. The van der Waals surface area contributed by atoms with Gasteiger partial charge in [0, 0.05) is 6.20 Å². The molecule has 0 aliphatic heterocycles. The van der Waals surface area contributed by atoms with Gasteiger partial charge in [-0.05, 0) is 18.6 Å². The Morgan fingerprint density at radius 2 is 2.46 bits per heavy atom. The van der Waals surface area contributed by atoms with Crippen LogP contribution in [0.2, 0.25) is 5.02 Å². The zero-order valence-corrected chi connectivity index (χ0v) is 8.77. The molecule has 0 fully saturated rings. The number of nitrogens with zero attached hydrogens (tertiary/aromatic N) is 2. The van der Waals surface area contributed by atoms with Crippen molar-refractivity contribution in [3.63, 3.8) is 0 Å². The summed E-state index contributed by atoms with van der Waals surface area (Å²) < 4.78 is 0. The number of thioether (sulfide) groups is 1. The second-order valence-electron chi connectivity index (χ2n) is 2.46. The van der Waals surface area contributed by atoms with E-state index in [2.05, 4.69) is 11.1 Å². The largest absolute Gasteiger partial charge is 0.248 e. The third-order valence-corrected chi connectivity index (χ3v) is 2.91. The molecule has 0 aliphatic carbocycles. The molecule has 0 N–H and O–H groups in total. The van der Waals surface area contributed by atoms with Gasteiger partial charge < -0.3 is 0 Å². The summed E-state index contributed by atoms with van der Waals surface area (Å²) in [4.78, 5) is 4.09. The van der Waals surface area contributed by atoms with E-state index in [9.17, 15) is 0 Å². The van der Waals surface area contributed by atoms with E-state index in [-0.39, 0.29) is 5.25 Å². The fraction of sp³-hybridized carbons (Fsp3) is 0.333. The Hall–Kier alpha value is -0.720. The van der Waals surface area contributed by atoms with Crippen LogP contribution in [0.15, 0.2) is 23.4 Å². The van der Waals surface area contributed by atoms with Crippen LogP contribution in [0.3, 0.4) is 0 Å². The van der Waals surface area contributed by atoms with Crippen molar-refractivity contribution in [3.8, 4) is 6.07 Å². The van der Waals surface area contributed by atoms with Gasteiger partial charge in [0.25, 0.3) is 0 Å². The van der Waals surface area contributed by atoms with Gasteiger partial charge in [-0.15, -0.1) is 0 Å².